The lowest BCUT2D eigenvalue weighted by Crippen LogP contribution is -1.99. The van der Waals surface area contributed by atoms with Crippen LogP contribution >= 0.6 is 11.6 Å². The maximum absolute atomic E-state index is 6.10. The molecule has 0 saturated carbocycles. The molecule has 2 heterocycles. The van der Waals surface area contributed by atoms with Crippen LogP contribution in [0.25, 0.3) is 22.4 Å². The molecule has 19 heavy (non-hydrogen) atoms. The highest BCUT2D eigenvalue weighted by Crippen LogP contribution is 2.31. The van der Waals surface area contributed by atoms with Crippen molar-refractivity contribution in [2.75, 3.05) is 11.9 Å². The second-order valence-corrected chi connectivity index (χ2v) is 4.49. The van der Waals surface area contributed by atoms with Gasteiger partial charge in [0.05, 0.1) is 5.02 Å². The highest BCUT2D eigenvalue weighted by molar-refractivity contribution is 6.34. The summed E-state index contributed by atoms with van der Waals surface area (Å²) in [5.41, 5.74) is 1.42. The van der Waals surface area contributed by atoms with Crippen LogP contribution in [-0.2, 0) is 0 Å². The number of hydrogen-bond donors (Lipinski definition) is 1. The minimum atomic E-state index is 0.602. The number of fused-ring (bicyclic) bond motifs is 1. The zero-order chi connectivity index (χ0) is 13.2. The van der Waals surface area contributed by atoms with Gasteiger partial charge in [-0.25, -0.2) is 9.97 Å². The van der Waals surface area contributed by atoms with E-state index in [0.717, 1.165) is 23.4 Å². The van der Waals surface area contributed by atoms with E-state index in [2.05, 4.69) is 15.3 Å². The van der Waals surface area contributed by atoms with Crippen molar-refractivity contribution in [3.8, 4) is 11.5 Å². The van der Waals surface area contributed by atoms with Crippen molar-refractivity contribution in [1.82, 2.24) is 9.97 Å². The summed E-state index contributed by atoms with van der Waals surface area (Å²) < 4.78 is 5.77. The minimum absolute atomic E-state index is 0.602. The third-order valence-electron chi connectivity index (χ3n) is 2.77. The number of halogens is 1. The van der Waals surface area contributed by atoms with Gasteiger partial charge in [-0.3, -0.25) is 0 Å². The monoisotopic (exact) mass is 273 g/mol. The molecule has 0 aliphatic carbocycles. The highest BCUT2D eigenvalue weighted by atomic mass is 35.5. The molecule has 4 nitrogen and oxygen atoms in total. The molecule has 5 heteroatoms. The Balaban J connectivity index is 2.08. The summed E-state index contributed by atoms with van der Waals surface area (Å²) in [7, 11) is 0. The lowest BCUT2D eigenvalue weighted by Gasteiger charge is -2.02. The zero-order valence-electron chi connectivity index (χ0n) is 10.4. The molecule has 3 rings (SSSR count). The minimum Gasteiger partial charge on any atom is -0.453 e. The van der Waals surface area contributed by atoms with E-state index in [9.17, 15) is 0 Å². The van der Waals surface area contributed by atoms with Crippen LogP contribution in [0.5, 0.6) is 0 Å². The van der Waals surface area contributed by atoms with Gasteiger partial charge in [0.1, 0.15) is 17.8 Å². The smallest absolute Gasteiger partial charge is 0.154 e. The number of nitrogens with one attached hydrogen (secondary N) is 1. The van der Waals surface area contributed by atoms with Crippen LogP contribution in [0.3, 0.4) is 0 Å². The first-order valence-electron chi connectivity index (χ1n) is 6.02. The van der Waals surface area contributed by atoms with Gasteiger partial charge in [-0.2, -0.15) is 0 Å². The van der Waals surface area contributed by atoms with Crippen LogP contribution in [-0.4, -0.2) is 16.5 Å². The third-order valence-corrected chi connectivity index (χ3v) is 3.07. The quantitative estimate of drug-likeness (QED) is 0.784. The lowest BCUT2D eigenvalue weighted by atomic mass is 10.2. The summed E-state index contributed by atoms with van der Waals surface area (Å²) in [4.78, 5) is 8.37. The number of para-hydroxylation sites is 1. The molecule has 0 unspecified atom stereocenters. The molecule has 0 saturated heterocycles. The van der Waals surface area contributed by atoms with Gasteiger partial charge in [0, 0.05) is 18.0 Å². The number of benzene rings is 1. The van der Waals surface area contributed by atoms with E-state index in [1.54, 1.807) is 6.07 Å². The zero-order valence-corrected chi connectivity index (χ0v) is 11.1. The molecule has 0 spiro atoms. The Bertz CT molecular complexity index is 724. The maximum atomic E-state index is 6.10. The maximum Gasteiger partial charge on any atom is 0.154 e. The normalized spacial score (nSPS) is 10.8. The van der Waals surface area contributed by atoms with Gasteiger partial charge in [0.25, 0.3) is 0 Å². The van der Waals surface area contributed by atoms with Gasteiger partial charge in [0.2, 0.25) is 0 Å². The van der Waals surface area contributed by atoms with Crippen molar-refractivity contribution >= 4 is 28.4 Å². The molecule has 0 radical (unpaired) electrons. The van der Waals surface area contributed by atoms with E-state index in [-0.39, 0.29) is 0 Å². The first-order chi connectivity index (χ1) is 9.28. The average molecular weight is 274 g/mol. The number of hydrogen-bond acceptors (Lipinski definition) is 4. The van der Waals surface area contributed by atoms with E-state index < -0.39 is 0 Å². The molecule has 0 bridgehead atoms. The summed E-state index contributed by atoms with van der Waals surface area (Å²) in [6.45, 7) is 2.82. The van der Waals surface area contributed by atoms with Crippen molar-refractivity contribution in [3.63, 3.8) is 0 Å². The molecule has 0 atom stereocenters. The Morgan fingerprint density at radius 2 is 2.16 bits per heavy atom. The molecule has 0 aliphatic rings. The predicted octanol–water partition coefficient (Wildman–Crippen LogP) is 3.98. The van der Waals surface area contributed by atoms with Gasteiger partial charge in [-0.15, -0.1) is 0 Å². The van der Waals surface area contributed by atoms with Crippen LogP contribution in [0.15, 0.2) is 41.1 Å². The molecule has 1 N–H and O–H groups in total. The SMILES string of the molecule is CCNc1cc(-c2cc3cccc(Cl)c3o2)ncn1. The number of anilines is 1. The number of nitrogens with zero attached hydrogens (tertiary/aromatic N) is 2. The van der Waals surface area contributed by atoms with Gasteiger partial charge in [-0.05, 0) is 19.1 Å². The first kappa shape index (κ1) is 12.0. The first-order valence-corrected chi connectivity index (χ1v) is 6.40. The summed E-state index contributed by atoms with van der Waals surface area (Å²) in [5.74, 6) is 1.46. The lowest BCUT2D eigenvalue weighted by molar-refractivity contribution is 0.628. The van der Waals surface area contributed by atoms with E-state index in [4.69, 9.17) is 16.0 Å². The number of rotatable bonds is 3. The summed E-state index contributed by atoms with van der Waals surface area (Å²) in [6.07, 6.45) is 1.52. The summed E-state index contributed by atoms with van der Waals surface area (Å²) >= 11 is 6.10. The Morgan fingerprint density at radius 3 is 2.95 bits per heavy atom. The summed E-state index contributed by atoms with van der Waals surface area (Å²) in [5, 5.41) is 4.71. The van der Waals surface area contributed by atoms with E-state index in [1.165, 1.54) is 6.33 Å². The highest BCUT2D eigenvalue weighted by Gasteiger charge is 2.10. The Hall–Kier alpha value is -2.07. The van der Waals surface area contributed by atoms with E-state index in [0.29, 0.717) is 16.4 Å². The number of furan rings is 1. The van der Waals surface area contributed by atoms with Crippen LogP contribution in [0.1, 0.15) is 6.92 Å². The molecule has 96 valence electrons. The molecule has 0 aliphatic heterocycles. The standard InChI is InChI=1S/C14H12ClN3O/c1-2-16-13-7-11(17-8-18-13)12-6-9-4-3-5-10(15)14(9)19-12/h3-8H,2H2,1H3,(H,16,17,18). The van der Waals surface area contributed by atoms with Crippen LogP contribution in [0.2, 0.25) is 5.02 Å². The topological polar surface area (TPSA) is 51.0 Å². The second-order valence-electron chi connectivity index (χ2n) is 4.09. The average Bonchev–Trinajstić information content (AvgIpc) is 2.85. The summed E-state index contributed by atoms with van der Waals surface area (Å²) in [6, 6.07) is 9.45. The van der Waals surface area contributed by atoms with Gasteiger partial charge >= 0.3 is 0 Å². The fourth-order valence-electron chi connectivity index (χ4n) is 1.92. The van der Waals surface area contributed by atoms with Gasteiger partial charge in [0.15, 0.2) is 11.3 Å². The third kappa shape index (κ3) is 2.27. The van der Waals surface area contributed by atoms with Gasteiger partial charge in [-0.1, -0.05) is 23.7 Å². The van der Waals surface area contributed by atoms with Crippen molar-refractivity contribution in [2.45, 2.75) is 6.92 Å². The van der Waals surface area contributed by atoms with Crippen LogP contribution in [0.4, 0.5) is 5.82 Å². The van der Waals surface area contributed by atoms with Crippen molar-refractivity contribution in [2.24, 2.45) is 0 Å². The van der Waals surface area contributed by atoms with Crippen molar-refractivity contribution < 1.29 is 4.42 Å². The molecule has 2 aromatic heterocycles. The van der Waals surface area contributed by atoms with Crippen molar-refractivity contribution in [1.29, 1.82) is 0 Å². The van der Waals surface area contributed by atoms with Crippen LogP contribution < -0.4 is 5.32 Å². The Labute approximate surface area is 115 Å². The largest absolute Gasteiger partial charge is 0.453 e. The van der Waals surface area contributed by atoms with E-state index in [1.807, 2.05) is 31.2 Å². The fourth-order valence-corrected chi connectivity index (χ4v) is 2.14. The van der Waals surface area contributed by atoms with Crippen molar-refractivity contribution in [3.05, 3.63) is 41.7 Å². The second kappa shape index (κ2) is 4.90. The molecular formula is C14H12ClN3O. The Morgan fingerprint density at radius 1 is 1.26 bits per heavy atom. The molecule has 1 aromatic carbocycles. The Kier molecular flexibility index (Phi) is 3.09. The fraction of sp³-hybridized carbons (Fsp3) is 0.143. The van der Waals surface area contributed by atoms with Gasteiger partial charge < -0.3 is 9.73 Å². The molecule has 0 amide bonds. The molecule has 0 fully saturated rings. The number of aromatic nitrogens is 2. The van der Waals surface area contributed by atoms with E-state index >= 15 is 0 Å². The molecular weight excluding hydrogens is 262 g/mol. The molecule has 3 aromatic rings. The van der Waals surface area contributed by atoms with Crippen LogP contribution in [0, 0.1) is 0 Å². The predicted molar refractivity (Wildman–Crippen MR) is 76.4 cm³/mol.